The third-order valence-corrected chi connectivity index (χ3v) is 6.08. The van der Waals surface area contributed by atoms with Crippen molar-refractivity contribution < 1.29 is 4.79 Å². The summed E-state index contributed by atoms with van der Waals surface area (Å²) in [5.41, 5.74) is 3.23. The van der Waals surface area contributed by atoms with Gasteiger partial charge in [0.25, 0.3) is 0 Å². The van der Waals surface area contributed by atoms with Gasteiger partial charge in [-0.25, -0.2) is 9.97 Å². The molecular formula is C22H26N6O. The van der Waals surface area contributed by atoms with Crippen LogP contribution in [-0.4, -0.2) is 39.2 Å². The Morgan fingerprint density at radius 1 is 1.21 bits per heavy atom. The lowest BCUT2D eigenvalue weighted by Crippen LogP contribution is -2.26. The molecule has 0 saturated heterocycles. The number of H-pyrrole nitrogens is 1. The Hall–Kier alpha value is -2.96. The molecule has 1 fully saturated rings. The van der Waals surface area contributed by atoms with Gasteiger partial charge in [0.2, 0.25) is 5.91 Å². The number of benzene rings is 1. The van der Waals surface area contributed by atoms with Gasteiger partial charge in [-0.2, -0.15) is 5.10 Å². The van der Waals surface area contributed by atoms with Gasteiger partial charge in [0.05, 0.1) is 11.6 Å². The van der Waals surface area contributed by atoms with Gasteiger partial charge < -0.3 is 10.2 Å². The van der Waals surface area contributed by atoms with Crippen LogP contribution in [-0.2, 0) is 4.79 Å². The number of carbonyl (C=O) groups excluding carboxylic acids is 1. The molecule has 150 valence electrons. The molecule has 1 aromatic carbocycles. The predicted molar refractivity (Wildman–Crippen MR) is 112 cm³/mol. The first kappa shape index (κ1) is 18.1. The molecule has 2 aromatic heterocycles. The number of fused-ring (bicyclic) bond motifs is 2. The quantitative estimate of drug-likeness (QED) is 0.613. The fourth-order valence-electron chi connectivity index (χ4n) is 4.34. The molecule has 1 saturated carbocycles. The van der Waals surface area contributed by atoms with Crippen LogP contribution < -0.4 is 10.2 Å². The third kappa shape index (κ3) is 3.81. The summed E-state index contributed by atoms with van der Waals surface area (Å²) in [5, 5.41) is 11.1. The van der Waals surface area contributed by atoms with E-state index in [1.54, 1.807) is 12.5 Å². The molecule has 7 nitrogen and oxygen atoms in total. The second-order valence-corrected chi connectivity index (χ2v) is 8.17. The summed E-state index contributed by atoms with van der Waals surface area (Å²) in [6.45, 7) is 1.55. The van der Waals surface area contributed by atoms with Crippen LogP contribution in [0.1, 0.15) is 50.0 Å². The van der Waals surface area contributed by atoms with Crippen molar-refractivity contribution in [3.05, 3.63) is 42.4 Å². The van der Waals surface area contributed by atoms with E-state index in [4.69, 9.17) is 0 Å². The summed E-state index contributed by atoms with van der Waals surface area (Å²) in [5.74, 6) is 2.31. The summed E-state index contributed by atoms with van der Waals surface area (Å²) < 4.78 is 0. The first-order valence-corrected chi connectivity index (χ1v) is 10.6. The number of carbonyl (C=O) groups is 1. The van der Waals surface area contributed by atoms with Gasteiger partial charge in [-0.15, -0.1) is 0 Å². The van der Waals surface area contributed by atoms with Crippen LogP contribution in [0, 0.1) is 5.92 Å². The smallest absolute Gasteiger partial charge is 0.219 e. The van der Waals surface area contributed by atoms with E-state index in [9.17, 15) is 4.79 Å². The van der Waals surface area contributed by atoms with E-state index in [0.717, 1.165) is 42.2 Å². The minimum atomic E-state index is 0.185. The Bertz CT molecular complexity index is 1010. The van der Waals surface area contributed by atoms with E-state index in [-0.39, 0.29) is 5.91 Å². The van der Waals surface area contributed by atoms with Crippen molar-refractivity contribution in [1.82, 2.24) is 25.5 Å². The molecule has 29 heavy (non-hydrogen) atoms. The Balaban J connectivity index is 1.25. The van der Waals surface area contributed by atoms with Crippen molar-refractivity contribution in [2.24, 2.45) is 5.92 Å². The maximum Gasteiger partial charge on any atom is 0.219 e. The van der Waals surface area contributed by atoms with E-state index in [0.29, 0.717) is 18.9 Å². The highest BCUT2D eigenvalue weighted by Crippen LogP contribution is 2.42. The van der Waals surface area contributed by atoms with Crippen LogP contribution in [0.25, 0.3) is 11.0 Å². The molecule has 5 rings (SSSR count). The number of rotatable bonds is 8. The largest absolute Gasteiger partial charge is 0.356 e. The van der Waals surface area contributed by atoms with Gasteiger partial charge in [-0.05, 0) is 36.8 Å². The average Bonchev–Trinajstić information content (AvgIpc) is 3.30. The lowest BCUT2D eigenvalue weighted by molar-refractivity contribution is -0.121. The van der Waals surface area contributed by atoms with E-state index in [1.807, 2.05) is 0 Å². The van der Waals surface area contributed by atoms with Crippen LogP contribution in [0.3, 0.4) is 0 Å². The van der Waals surface area contributed by atoms with Crippen molar-refractivity contribution in [1.29, 1.82) is 0 Å². The van der Waals surface area contributed by atoms with Crippen LogP contribution in [0.15, 0.2) is 36.8 Å². The Morgan fingerprint density at radius 2 is 2.10 bits per heavy atom. The summed E-state index contributed by atoms with van der Waals surface area (Å²) in [6.07, 6.45) is 9.87. The number of hydrogen-bond acceptors (Lipinski definition) is 5. The predicted octanol–water partition coefficient (Wildman–Crippen LogP) is 3.67. The van der Waals surface area contributed by atoms with Gasteiger partial charge in [-0.3, -0.25) is 9.89 Å². The van der Waals surface area contributed by atoms with Crippen molar-refractivity contribution in [3.63, 3.8) is 0 Å². The van der Waals surface area contributed by atoms with Crippen LogP contribution >= 0.6 is 0 Å². The van der Waals surface area contributed by atoms with Crippen molar-refractivity contribution in [2.45, 2.75) is 44.4 Å². The molecule has 1 amide bonds. The molecule has 0 spiro atoms. The molecule has 0 bridgehead atoms. The summed E-state index contributed by atoms with van der Waals surface area (Å²) in [7, 11) is 0. The van der Waals surface area contributed by atoms with E-state index in [1.165, 1.54) is 30.5 Å². The highest BCUT2D eigenvalue weighted by atomic mass is 16.1. The highest BCUT2D eigenvalue weighted by molar-refractivity contribution is 5.90. The molecule has 3 heterocycles. The zero-order chi connectivity index (χ0) is 19.6. The Morgan fingerprint density at radius 3 is 3.00 bits per heavy atom. The molecule has 1 aliphatic carbocycles. The van der Waals surface area contributed by atoms with Crippen molar-refractivity contribution in [3.8, 4) is 0 Å². The Labute approximate surface area is 169 Å². The fraction of sp³-hybridized carbons (Fsp3) is 0.455. The third-order valence-electron chi connectivity index (χ3n) is 6.08. The average molecular weight is 390 g/mol. The molecule has 7 heteroatoms. The van der Waals surface area contributed by atoms with Crippen LogP contribution in [0.5, 0.6) is 0 Å². The lowest BCUT2D eigenvalue weighted by Gasteiger charge is -2.19. The summed E-state index contributed by atoms with van der Waals surface area (Å²) in [4.78, 5) is 23.2. The number of nitrogens with one attached hydrogen (secondary N) is 2. The Kier molecular flexibility index (Phi) is 4.87. The first-order valence-electron chi connectivity index (χ1n) is 10.6. The number of nitrogens with zero attached hydrogens (tertiary/aromatic N) is 4. The standard InChI is InChI=1S/C22H26N6O/c29-20(7-3-4-15-8-9-15)23-11-10-16-13-28(19-6-2-1-5-17(16)19)22-18-12-26-27-21(18)24-14-25-22/h1-2,5-6,12,14-16H,3-4,7-11,13H2,(H,23,29)(H,24,25,26,27). The lowest BCUT2D eigenvalue weighted by atomic mass is 9.98. The number of para-hydroxylation sites is 1. The van der Waals surface area contributed by atoms with Crippen molar-refractivity contribution in [2.75, 3.05) is 18.0 Å². The molecule has 2 aliphatic rings. The monoisotopic (exact) mass is 390 g/mol. The summed E-state index contributed by atoms with van der Waals surface area (Å²) in [6, 6.07) is 8.47. The molecule has 1 unspecified atom stereocenters. The zero-order valence-corrected chi connectivity index (χ0v) is 16.5. The fourth-order valence-corrected chi connectivity index (χ4v) is 4.34. The van der Waals surface area contributed by atoms with Crippen LogP contribution in [0.2, 0.25) is 0 Å². The molecular weight excluding hydrogens is 364 g/mol. The minimum Gasteiger partial charge on any atom is -0.356 e. The maximum atomic E-state index is 12.1. The minimum absolute atomic E-state index is 0.185. The first-order chi connectivity index (χ1) is 14.3. The number of amides is 1. The molecule has 2 N–H and O–H groups in total. The highest BCUT2D eigenvalue weighted by Gasteiger charge is 2.31. The zero-order valence-electron chi connectivity index (χ0n) is 16.5. The van der Waals surface area contributed by atoms with Gasteiger partial charge >= 0.3 is 0 Å². The normalized spacial score (nSPS) is 18.2. The van der Waals surface area contributed by atoms with Gasteiger partial charge in [-0.1, -0.05) is 31.0 Å². The van der Waals surface area contributed by atoms with Gasteiger partial charge in [0.1, 0.15) is 12.1 Å². The second kappa shape index (κ2) is 7.81. The maximum absolute atomic E-state index is 12.1. The number of aromatic amines is 1. The van der Waals surface area contributed by atoms with E-state index >= 15 is 0 Å². The molecule has 1 aliphatic heterocycles. The molecule has 1 atom stereocenters. The number of anilines is 2. The van der Waals surface area contributed by atoms with E-state index in [2.05, 4.69) is 54.6 Å². The number of hydrogen-bond donors (Lipinski definition) is 2. The topological polar surface area (TPSA) is 86.8 Å². The molecule has 3 aromatic rings. The van der Waals surface area contributed by atoms with Crippen molar-refractivity contribution >= 4 is 28.4 Å². The van der Waals surface area contributed by atoms with E-state index < -0.39 is 0 Å². The SMILES string of the molecule is O=C(CCCC1CC1)NCCC1CN(c2ncnc3[nH]ncc23)c2ccccc21. The van der Waals surface area contributed by atoms with Gasteiger partial charge in [0.15, 0.2) is 5.65 Å². The van der Waals surface area contributed by atoms with Gasteiger partial charge in [0, 0.05) is 31.1 Å². The summed E-state index contributed by atoms with van der Waals surface area (Å²) >= 11 is 0. The second-order valence-electron chi connectivity index (χ2n) is 8.17. The molecule has 0 radical (unpaired) electrons. The number of aromatic nitrogens is 4. The van der Waals surface area contributed by atoms with Crippen LogP contribution in [0.4, 0.5) is 11.5 Å².